The summed E-state index contributed by atoms with van der Waals surface area (Å²) in [5.74, 6) is -0.552. The third kappa shape index (κ3) is 6.75. The van der Waals surface area contributed by atoms with Crippen molar-refractivity contribution >= 4 is 33.6 Å². The van der Waals surface area contributed by atoms with Crippen LogP contribution in [0.15, 0.2) is 60.7 Å². The standard InChI is InChI=1S/C30H34N4O5/c35-16-8-2-1-7-13-31-29(38)23-19-27(32-25-11-5-3-9-21(23)25)28-20-24(22-10-4-6-12-26(22)33-28)30(39)34(14-17-36)15-18-37/h3-6,9-12,19-20,35-37H,1-2,7-8,13-18H2,(H,31,38). The first-order chi connectivity index (χ1) is 19.1. The van der Waals surface area contributed by atoms with Crippen LogP contribution in [0.1, 0.15) is 46.4 Å². The normalized spacial score (nSPS) is 11.2. The number of hydrogen-bond donors (Lipinski definition) is 4. The van der Waals surface area contributed by atoms with E-state index < -0.39 is 0 Å². The molecule has 0 aliphatic heterocycles. The summed E-state index contributed by atoms with van der Waals surface area (Å²) < 4.78 is 0. The SMILES string of the molecule is O=C(NCCCCCCO)c1cc(-c2cc(C(=O)N(CCO)CCO)c3ccccc3n2)nc2ccccc12. The van der Waals surface area contributed by atoms with Crippen LogP contribution in [0, 0.1) is 0 Å². The van der Waals surface area contributed by atoms with Crippen LogP contribution in [0.5, 0.6) is 0 Å². The van der Waals surface area contributed by atoms with Crippen LogP contribution < -0.4 is 5.32 Å². The fraction of sp³-hybridized carbons (Fsp3) is 0.333. The lowest BCUT2D eigenvalue weighted by Crippen LogP contribution is -2.36. The number of aliphatic hydroxyl groups is 3. The highest BCUT2D eigenvalue weighted by molar-refractivity contribution is 6.09. The number of pyridine rings is 2. The Morgan fingerprint density at radius 2 is 1.23 bits per heavy atom. The second-order valence-electron chi connectivity index (χ2n) is 9.28. The Balaban J connectivity index is 1.74. The molecule has 0 saturated carbocycles. The molecular weight excluding hydrogens is 496 g/mol. The van der Waals surface area contributed by atoms with Crippen molar-refractivity contribution in [2.45, 2.75) is 25.7 Å². The molecule has 4 rings (SSSR count). The molecule has 204 valence electrons. The second kappa shape index (κ2) is 13.7. The molecule has 0 atom stereocenters. The number of nitrogens with zero attached hydrogens (tertiary/aromatic N) is 3. The van der Waals surface area contributed by atoms with Crippen LogP contribution in [-0.2, 0) is 0 Å². The Morgan fingerprint density at radius 1 is 0.692 bits per heavy atom. The largest absolute Gasteiger partial charge is 0.396 e. The van der Waals surface area contributed by atoms with Gasteiger partial charge in [0.2, 0.25) is 0 Å². The van der Waals surface area contributed by atoms with Crippen LogP contribution in [0.2, 0.25) is 0 Å². The van der Waals surface area contributed by atoms with Gasteiger partial charge in [-0.25, -0.2) is 9.97 Å². The van der Waals surface area contributed by atoms with Crippen molar-refractivity contribution in [2.75, 3.05) is 39.5 Å². The Labute approximate surface area is 227 Å². The number of hydrogen-bond acceptors (Lipinski definition) is 7. The molecule has 0 aliphatic carbocycles. The molecule has 2 heterocycles. The molecule has 2 aromatic carbocycles. The van der Waals surface area contributed by atoms with E-state index in [1.165, 1.54) is 4.90 Å². The van der Waals surface area contributed by atoms with Crippen LogP contribution in [0.25, 0.3) is 33.2 Å². The maximum Gasteiger partial charge on any atom is 0.254 e. The molecule has 39 heavy (non-hydrogen) atoms. The van der Waals surface area contributed by atoms with Crippen molar-refractivity contribution in [2.24, 2.45) is 0 Å². The summed E-state index contributed by atoms with van der Waals surface area (Å²) in [4.78, 5) is 37.7. The van der Waals surface area contributed by atoms with Crippen molar-refractivity contribution in [1.82, 2.24) is 20.2 Å². The summed E-state index contributed by atoms with van der Waals surface area (Å²) in [6.07, 6.45) is 3.41. The number of benzene rings is 2. The van der Waals surface area contributed by atoms with E-state index in [1.54, 1.807) is 12.1 Å². The molecule has 2 amide bonds. The summed E-state index contributed by atoms with van der Waals surface area (Å²) in [5, 5.41) is 32.2. The Bertz CT molecular complexity index is 1440. The van der Waals surface area contributed by atoms with Gasteiger partial charge < -0.3 is 25.5 Å². The van der Waals surface area contributed by atoms with Crippen LogP contribution in [-0.4, -0.2) is 81.5 Å². The molecule has 9 nitrogen and oxygen atoms in total. The lowest BCUT2D eigenvalue weighted by atomic mass is 10.0. The van der Waals surface area contributed by atoms with Gasteiger partial charge >= 0.3 is 0 Å². The first-order valence-electron chi connectivity index (χ1n) is 13.3. The van der Waals surface area contributed by atoms with Crippen molar-refractivity contribution in [1.29, 1.82) is 0 Å². The quantitative estimate of drug-likeness (QED) is 0.195. The number of nitrogens with one attached hydrogen (secondary N) is 1. The summed E-state index contributed by atoms with van der Waals surface area (Å²) in [6.45, 7) is 0.416. The monoisotopic (exact) mass is 530 g/mol. The first kappa shape index (κ1) is 28.1. The minimum Gasteiger partial charge on any atom is -0.396 e. The molecule has 0 spiro atoms. The minimum atomic E-state index is -0.335. The lowest BCUT2D eigenvalue weighted by molar-refractivity contribution is 0.0686. The molecule has 0 unspecified atom stereocenters. The molecule has 0 radical (unpaired) electrons. The zero-order valence-corrected chi connectivity index (χ0v) is 21.8. The summed E-state index contributed by atoms with van der Waals surface area (Å²) in [5.41, 5.74) is 2.96. The zero-order chi connectivity index (χ0) is 27.6. The molecule has 0 aliphatic rings. The van der Waals surface area contributed by atoms with Crippen molar-refractivity contribution < 1.29 is 24.9 Å². The summed E-state index contributed by atoms with van der Waals surface area (Å²) in [6, 6.07) is 18.0. The van der Waals surface area contributed by atoms with Gasteiger partial charge in [-0.05, 0) is 37.1 Å². The van der Waals surface area contributed by atoms with Crippen molar-refractivity contribution in [3.05, 3.63) is 71.8 Å². The smallest absolute Gasteiger partial charge is 0.254 e. The van der Waals surface area contributed by atoms with E-state index >= 15 is 0 Å². The van der Waals surface area contributed by atoms with E-state index in [9.17, 15) is 19.8 Å². The van der Waals surface area contributed by atoms with Gasteiger partial charge in [0.1, 0.15) is 0 Å². The predicted molar refractivity (Wildman–Crippen MR) is 150 cm³/mol. The zero-order valence-electron chi connectivity index (χ0n) is 21.8. The molecule has 9 heteroatoms. The van der Waals surface area contributed by atoms with E-state index in [2.05, 4.69) is 5.32 Å². The topological polar surface area (TPSA) is 136 Å². The third-order valence-electron chi connectivity index (χ3n) is 6.57. The number of unbranched alkanes of at least 4 members (excludes halogenated alkanes) is 3. The number of aromatic nitrogens is 2. The molecular formula is C30H34N4O5. The van der Waals surface area contributed by atoms with Crippen molar-refractivity contribution in [3.63, 3.8) is 0 Å². The Morgan fingerprint density at radius 3 is 1.82 bits per heavy atom. The van der Waals surface area contributed by atoms with Gasteiger partial charge in [-0.15, -0.1) is 0 Å². The van der Waals surface area contributed by atoms with Gasteiger partial charge in [-0.2, -0.15) is 0 Å². The van der Waals surface area contributed by atoms with Crippen LogP contribution >= 0.6 is 0 Å². The molecule has 4 N–H and O–H groups in total. The van der Waals surface area contributed by atoms with E-state index in [4.69, 9.17) is 15.1 Å². The van der Waals surface area contributed by atoms with Gasteiger partial charge in [0.05, 0.1) is 46.8 Å². The summed E-state index contributed by atoms with van der Waals surface area (Å²) in [7, 11) is 0. The Kier molecular flexibility index (Phi) is 9.91. The first-order valence-corrected chi connectivity index (χ1v) is 13.3. The average Bonchev–Trinajstić information content (AvgIpc) is 2.97. The molecule has 2 aromatic heterocycles. The van der Waals surface area contributed by atoms with Gasteiger partial charge in [0, 0.05) is 37.0 Å². The lowest BCUT2D eigenvalue weighted by Gasteiger charge is -2.22. The molecule has 4 aromatic rings. The number of carbonyl (C=O) groups excluding carboxylic acids is 2. The van der Waals surface area contributed by atoms with E-state index in [-0.39, 0.29) is 44.7 Å². The van der Waals surface area contributed by atoms with Gasteiger partial charge in [0.15, 0.2) is 0 Å². The van der Waals surface area contributed by atoms with E-state index in [1.807, 2.05) is 48.5 Å². The number of aliphatic hydroxyl groups excluding tert-OH is 3. The van der Waals surface area contributed by atoms with Crippen LogP contribution in [0.3, 0.4) is 0 Å². The van der Waals surface area contributed by atoms with Gasteiger partial charge in [-0.3, -0.25) is 9.59 Å². The van der Waals surface area contributed by atoms with E-state index in [0.717, 1.165) is 25.7 Å². The van der Waals surface area contributed by atoms with E-state index in [0.29, 0.717) is 50.9 Å². The van der Waals surface area contributed by atoms with Crippen LogP contribution in [0.4, 0.5) is 0 Å². The third-order valence-corrected chi connectivity index (χ3v) is 6.57. The molecule has 0 fully saturated rings. The summed E-state index contributed by atoms with van der Waals surface area (Å²) >= 11 is 0. The van der Waals surface area contributed by atoms with Crippen molar-refractivity contribution in [3.8, 4) is 11.4 Å². The number of rotatable bonds is 13. The van der Waals surface area contributed by atoms with Gasteiger partial charge in [-0.1, -0.05) is 49.2 Å². The number of fused-ring (bicyclic) bond motifs is 2. The maximum atomic E-state index is 13.5. The average molecular weight is 531 g/mol. The number of para-hydroxylation sites is 2. The second-order valence-corrected chi connectivity index (χ2v) is 9.28. The Hall–Kier alpha value is -3.92. The van der Waals surface area contributed by atoms with Gasteiger partial charge in [0.25, 0.3) is 11.8 Å². The maximum absolute atomic E-state index is 13.5. The highest BCUT2D eigenvalue weighted by Gasteiger charge is 2.21. The number of carbonyl (C=O) groups is 2. The fourth-order valence-corrected chi connectivity index (χ4v) is 4.59. The molecule has 0 saturated heterocycles. The fourth-order valence-electron chi connectivity index (χ4n) is 4.59. The molecule has 0 bridgehead atoms. The number of amides is 2. The predicted octanol–water partition coefficient (Wildman–Crippen LogP) is 3.16. The highest BCUT2D eigenvalue weighted by Crippen LogP contribution is 2.28. The minimum absolute atomic E-state index is 0.0872. The highest BCUT2D eigenvalue weighted by atomic mass is 16.3.